The van der Waals surface area contributed by atoms with Crippen molar-refractivity contribution in [1.82, 2.24) is 0 Å². The van der Waals surface area contributed by atoms with Crippen LogP contribution in [0.4, 0.5) is 0 Å². The van der Waals surface area contributed by atoms with E-state index < -0.39 is 12.1 Å². The molecule has 0 amide bonds. The Labute approximate surface area is 58.3 Å². The van der Waals surface area contributed by atoms with E-state index in [1.165, 1.54) is 6.08 Å². The molecule has 0 saturated heterocycles. The quantitative estimate of drug-likeness (QED) is 0.515. The fraction of sp³-hybridized carbons (Fsp3) is 0.286. The van der Waals surface area contributed by atoms with Gasteiger partial charge in [0.2, 0.25) is 0 Å². The molecular weight excluding hydrogens is 132 g/mol. The molecule has 0 saturated carbocycles. The molecule has 1 atom stereocenters. The normalized spacial score (nSPS) is 24.1. The summed E-state index contributed by atoms with van der Waals surface area (Å²) in [6, 6.07) is 0. The van der Waals surface area contributed by atoms with Crippen LogP contribution in [0.5, 0.6) is 0 Å². The summed E-state index contributed by atoms with van der Waals surface area (Å²) in [5.41, 5.74) is 0.259. The molecule has 2 N–H and O–H groups in total. The van der Waals surface area contributed by atoms with Crippen molar-refractivity contribution in [3.05, 3.63) is 23.8 Å². The molecule has 54 valence electrons. The number of allylic oxidation sites excluding steroid dienone is 1. The van der Waals surface area contributed by atoms with Gasteiger partial charge in [0, 0.05) is 5.57 Å². The van der Waals surface area contributed by atoms with Crippen LogP contribution in [0.25, 0.3) is 0 Å². The fourth-order valence-corrected chi connectivity index (χ4v) is 0.823. The monoisotopic (exact) mass is 140 g/mol. The van der Waals surface area contributed by atoms with Gasteiger partial charge >= 0.3 is 5.97 Å². The lowest BCUT2D eigenvalue weighted by Gasteiger charge is -2.06. The van der Waals surface area contributed by atoms with Gasteiger partial charge in [0.15, 0.2) is 0 Å². The number of rotatable bonds is 1. The van der Waals surface area contributed by atoms with E-state index in [1.807, 2.05) is 0 Å². The van der Waals surface area contributed by atoms with Gasteiger partial charge in [0.05, 0.1) is 6.10 Å². The Balaban J connectivity index is 2.71. The Morgan fingerprint density at radius 1 is 1.70 bits per heavy atom. The molecule has 1 rings (SSSR count). The van der Waals surface area contributed by atoms with Crippen molar-refractivity contribution in [2.45, 2.75) is 12.5 Å². The summed E-state index contributed by atoms with van der Waals surface area (Å²) in [7, 11) is 0. The second-order valence-corrected chi connectivity index (χ2v) is 2.12. The van der Waals surface area contributed by atoms with Crippen LogP contribution in [0.1, 0.15) is 6.42 Å². The number of aliphatic hydroxyl groups is 1. The lowest BCUT2D eigenvalue weighted by molar-refractivity contribution is -0.132. The predicted octanol–water partition coefficient (Wildman–Crippen LogP) is 0.318. The maximum absolute atomic E-state index is 10.3. The highest BCUT2D eigenvalue weighted by Gasteiger charge is 2.10. The summed E-state index contributed by atoms with van der Waals surface area (Å²) in [6.45, 7) is 0. The lowest BCUT2D eigenvalue weighted by atomic mass is 10.1. The van der Waals surface area contributed by atoms with E-state index in [0.717, 1.165) is 0 Å². The number of hydrogen-bond acceptors (Lipinski definition) is 2. The minimum Gasteiger partial charge on any atom is -0.478 e. The topological polar surface area (TPSA) is 57.5 Å². The van der Waals surface area contributed by atoms with E-state index in [1.54, 1.807) is 12.2 Å². The third kappa shape index (κ3) is 1.45. The van der Waals surface area contributed by atoms with E-state index in [0.29, 0.717) is 6.42 Å². The third-order valence-electron chi connectivity index (χ3n) is 1.32. The van der Waals surface area contributed by atoms with Crippen LogP contribution < -0.4 is 0 Å². The number of carboxylic acid groups (broad SMARTS) is 1. The molecule has 1 unspecified atom stereocenters. The van der Waals surface area contributed by atoms with Crippen molar-refractivity contribution >= 4 is 5.97 Å². The zero-order chi connectivity index (χ0) is 7.56. The van der Waals surface area contributed by atoms with E-state index >= 15 is 0 Å². The number of aliphatic carboxylic acids is 1. The molecule has 3 nitrogen and oxygen atoms in total. The Morgan fingerprint density at radius 2 is 2.40 bits per heavy atom. The highest BCUT2D eigenvalue weighted by Crippen LogP contribution is 2.10. The van der Waals surface area contributed by atoms with Crippen molar-refractivity contribution in [1.29, 1.82) is 0 Å². The SMILES string of the molecule is O=C(O)C1=CC(O)C=CC1. The van der Waals surface area contributed by atoms with Crippen molar-refractivity contribution in [3.63, 3.8) is 0 Å². The smallest absolute Gasteiger partial charge is 0.331 e. The van der Waals surface area contributed by atoms with E-state index in [-0.39, 0.29) is 5.57 Å². The molecule has 0 fully saturated rings. The highest BCUT2D eigenvalue weighted by atomic mass is 16.4. The van der Waals surface area contributed by atoms with Crippen molar-refractivity contribution in [3.8, 4) is 0 Å². The summed E-state index contributed by atoms with van der Waals surface area (Å²) in [6.07, 6.45) is 4.23. The molecule has 0 spiro atoms. The summed E-state index contributed by atoms with van der Waals surface area (Å²) >= 11 is 0. The molecule has 0 heterocycles. The first-order valence-corrected chi connectivity index (χ1v) is 2.99. The maximum Gasteiger partial charge on any atom is 0.331 e. The first-order chi connectivity index (χ1) is 4.70. The molecule has 0 bridgehead atoms. The van der Waals surface area contributed by atoms with Crippen LogP contribution in [0, 0.1) is 0 Å². The van der Waals surface area contributed by atoms with Crippen LogP contribution >= 0.6 is 0 Å². The van der Waals surface area contributed by atoms with Gasteiger partial charge in [-0.1, -0.05) is 12.2 Å². The number of carboxylic acids is 1. The second-order valence-electron chi connectivity index (χ2n) is 2.12. The van der Waals surface area contributed by atoms with Gasteiger partial charge in [-0.25, -0.2) is 4.79 Å². The number of hydrogen-bond donors (Lipinski definition) is 2. The summed E-state index contributed by atoms with van der Waals surface area (Å²) < 4.78 is 0. The standard InChI is InChI=1S/C7H8O3/c8-6-3-1-2-5(4-6)7(9)10/h1,3-4,6,8H,2H2,(H,9,10). The maximum atomic E-state index is 10.3. The Kier molecular flexibility index (Phi) is 1.87. The van der Waals surface area contributed by atoms with E-state index in [4.69, 9.17) is 10.2 Å². The zero-order valence-electron chi connectivity index (χ0n) is 5.32. The van der Waals surface area contributed by atoms with Gasteiger partial charge in [-0.2, -0.15) is 0 Å². The average molecular weight is 140 g/mol. The van der Waals surface area contributed by atoms with Crippen molar-refractivity contribution < 1.29 is 15.0 Å². The van der Waals surface area contributed by atoms with Gasteiger partial charge in [-0.3, -0.25) is 0 Å². The molecule has 1 aliphatic carbocycles. The molecular formula is C7H8O3. The Hall–Kier alpha value is -1.09. The predicted molar refractivity (Wildman–Crippen MR) is 35.5 cm³/mol. The highest BCUT2D eigenvalue weighted by molar-refractivity contribution is 5.87. The van der Waals surface area contributed by atoms with Crippen LogP contribution in [-0.4, -0.2) is 22.3 Å². The lowest BCUT2D eigenvalue weighted by Crippen LogP contribution is -2.09. The van der Waals surface area contributed by atoms with Crippen LogP contribution in [0.15, 0.2) is 23.8 Å². The molecule has 0 aromatic carbocycles. The van der Waals surface area contributed by atoms with E-state index in [9.17, 15) is 4.79 Å². The Morgan fingerprint density at radius 3 is 2.80 bits per heavy atom. The minimum absolute atomic E-state index is 0.259. The average Bonchev–Trinajstić information content (AvgIpc) is 1.88. The molecule has 3 heteroatoms. The molecule has 0 aromatic heterocycles. The third-order valence-corrected chi connectivity index (χ3v) is 1.32. The van der Waals surface area contributed by atoms with Crippen molar-refractivity contribution in [2.24, 2.45) is 0 Å². The van der Waals surface area contributed by atoms with Gasteiger partial charge in [0.25, 0.3) is 0 Å². The van der Waals surface area contributed by atoms with Crippen LogP contribution in [0.3, 0.4) is 0 Å². The Bertz CT molecular complexity index is 203. The van der Waals surface area contributed by atoms with Gasteiger partial charge in [-0.05, 0) is 12.5 Å². The zero-order valence-corrected chi connectivity index (χ0v) is 5.32. The van der Waals surface area contributed by atoms with Gasteiger partial charge in [0.1, 0.15) is 0 Å². The number of carbonyl (C=O) groups is 1. The molecule has 10 heavy (non-hydrogen) atoms. The molecule has 0 aromatic rings. The van der Waals surface area contributed by atoms with Crippen molar-refractivity contribution in [2.75, 3.05) is 0 Å². The van der Waals surface area contributed by atoms with Crippen LogP contribution in [0.2, 0.25) is 0 Å². The summed E-state index contributed by atoms with van der Waals surface area (Å²) in [4.78, 5) is 10.3. The number of aliphatic hydroxyl groups excluding tert-OH is 1. The van der Waals surface area contributed by atoms with Gasteiger partial charge < -0.3 is 10.2 Å². The fourth-order valence-electron chi connectivity index (χ4n) is 0.823. The molecule has 0 aliphatic heterocycles. The second kappa shape index (κ2) is 2.66. The first-order valence-electron chi connectivity index (χ1n) is 2.99. The van der Waals surface area contributed by atoms with Gasteiger partial charge in [-0.15, -0.1) is 0 Å². The molecule has 0 radical (unpaired) electrons. The van der Waals surface area contributed by atoms with Crippen LogP contribution in [-0.2, 0) is 4.79 Å². The summed E-state index contributed by atoms with van der Waals surface area (Å²) in [5.74, 6) is -0.955. The summed E-state index contributed by atoms with van der Waals surface area (Å²) in [5, 5.41) is 17.3. The molecule has 1 aliphatic rings. The largest absolute Gasteiger partial charge is 0.478 e. The van der Waals surface area contributed by atoms with E-state index in [2.05, 4.69) is 0 Å². The first kappa shape index (κ1) is 7.02. The minimum atomic E-state index is -0.955.